The molecular weight excluding hydrogens is 410 g/mol. The molecule has 172 valence electrons. The predicted molar refractivity (Wildman–Crippen MR) is 121 cm³/mol. The number of aromatic hydroxyl groups is 1. The number of nitrogens with two attached hydrogens (primary N) is 1. The molecule has 0 saturated heterocycles. The number of rotatable bonds is 9. The molecule has 0 aliphatic carbocycles. The lowest BCUT2D eigenvalue weighted by Crippen LogP contribution is -2.51. The number of phenolic OH excluding ortho intramolecular Hbond substituents is 1. The van der Waals surface area contributed by atoms with Gasteiger partial charge in [0.25, 0.3) is 0 Å². The fourth-order valence-electron chi connectivity index (χ4n) is 3.74. The maximum absolute atomic E-state index is 12.5. The van der Waals surface area contributed by atoms with Crippen LogP contribution in [0.15, 0.2) is 30.3 Å². The molecule has 0 bridgehead atoms. The highest BCUT2D eigenvalue weighted by Crippen LogP contribution is 2.32. The van der Waals surface area contributed by atoms with Gasteiger partial charge in [-0.3, -0.25) is 9.59 Å². The topological polar surface area (TPSA) is 123 Å². The Morgan fingerprint density at radius 1 is 1.09 bits per heavy atom. The van der Waals surface area contributed by atoms with E-state index in [1.54, 1.807) is 19.1 Å². The summed E-state index contributed by atoms with van der Waals surface area (Å²) in [6.07, 6.45) is 1.87. The second-order valence-electron chi connectivity index (χ2n) is 8.18. The van der Waals surface area contributed by atoms with E-state index in [1.165, 1.54) is 0 Å². The van der Waals surface area contributed by atoms with Gasteiger partial charge >= 0.3 is 0 Å². The van der Waals surface area contributed by atoms with Crippen LogP contribution in [0.1, 0.15) is 35.6 Å². The predicted octanol–water partition coefficient (Wildman–Crippen LogP) is 1.86. The summed E-state index contributed by atoms with van der Waals surface area (Å²) in [6.45, 7) is 6.11. The van der Waals surface area contributed by atoms with Crippen molar-refractivity contribution < 1.29 is 24.2 Å². The minimum absolute atomic E-state index is 0.186. The van der Waals surface area contributed by atoms with E-state index in [-0.39, 0.29) is 24.4 Å². The number of amides is 2. The Morgan fingerprint density at radius 2 is 1.78 bits per heavy atom. The van der Waals surface area contributed by atoms with E-state index < -0.39 is 12.1 Å². The molecule has 0 spiro atoms. The Hall–Kier alpha value is -3.26. The smallest absolute Gasteiger partial charge is 0.242 e. The van der Waals surface area contributed by atoms with E-state index in [1.807, 2.05) is 32.0 Å². The molecular formula is C24H31N3O5. The van der Waals surface area contributed by atoms with E-state index in [0.717, 1.165) is 46.6 Å². The van der Waals surface area contributed by atoms with Crippen molar-refractivity contribution in [3.8, 4) is 17.2 Å². The summed E-state index contributed by atoms with van der Waals surface area (Å²) in [7, 11) is 0. The Balaban J connectivity index is 1.41. The largest absolute Gasteiger partial charge is 0.508 e. The highest BCUT2D eigenvalue weighted by Gasteiger charge is 2.21. The van der Waals surface area contributed by atoms with Gasteiger partial charge in [0, 0.05) is 6.54 Å². The molecule has 2 amide bonds. The molecule has 8 nitrogen and oxygen atoms in total. The van der Waals surface area contributed by atoms with Crippen molar-refractivity contribution in [1.82, 2.24) is 10.6 Å². The van der Waals surface area contributed by atoms with E-state index in [4.69, 9.17) is 15.2 Å². The first-order valence-corrected chi connectivity index (χ1v) is 10.8. The van der Waals surface area contributed by atoms with Crippen molar-refractivity contribution in [1.29, 1.82) is 0 Å². The van der Waals surface area contributed by atoms with Crippen molar-refractivity contribution in [2.24, 2.45) is 5.73 Å². The maximum atomic E-state index is 12.5. The standard InChI is InChI=1S/C24H31N3O5/c1-14-9-18(28)10-15(2)19(14)12-20(25)24(30)27-16(3)23(29)26-8-4-5-17-6-7-21-22(11-17)32-13-31-21/h6-7,9-11,16,20,28H,4-5,8,12-13,25H2,1-3H3,(H,26,29)(H,27,30)/t16-,20?/m1/s1. The molecule has 1 aliphatic heterocycles. The van der Waals surface area contributed by atoms with Crippen LogP contribution in [0, 0.1) is 13.8 Å². The van der Waals surface area contributed by atoms with Gasteiger partial charge in [-0.25, -0.2) is 0 Å². The van der Waals surface area contributed by atoms with Gasteiger partial charge in [-0.1, -0.05) is 6.07 Å². The van der Waals surface area contributed by atoms with Gasteiger partial charge in [-0.2, -0.15) is 0 Å². The quantitative estimate of drug-likeness (QED) is 0.441. The highest BCUT2D eigenvalue weighted by molar-refractivity contribution is 5.89. The zero-order valence-corrected chi connectivity index (χ0v) is 18.7. The fraction of sp³-hybridized carbons (Fsp3) is 0.417. The van der Waals surface area contributed by atoms with Gasteiger partial charge in [0.15, 0.2) is 11.5 Å². The molecule has 2 aromatic carbocycles. The van der Waals surface area contributed by atoms with Crippen molar-refractivity contribution in [3.05, 3.63) is 52.6 Å². The number of hydrogen-bond donors (Lipinski definition) is 4. The summed E-state index contributed by atoms with van der Waals surface area (Å²) < 4.78 is 10.7. The minimum atomic E-state index is -0.793. The van der Waals surface area contributed by atoms with Crippen LogP contribution in [-0.4, -0.2) is 42.3 Å². The van der Waals surface area contributed by atoms with Gasteiger partial charge in [-0.05, 0) is 86.6 Å². The average molecular weight is 442 g/mol. The number of hydrogen-bond acceptors (Lipinski definition) is 6. The van der Waals surface area contributed by atoms with Crippen LogP contribution in [0.5, 0.6) is 17.2 Å². The monoisotopic (exact) mass is 441 g/mol. The average Bonchev–Trinajstić information content (AvgIpc) is 3.21. The van der Waals surface area contributed by atoms with E-state index in [9.17, 15) is 14.7 Å². The van der Waals surface area contributed by atoms with Crippen LogP contribution in [0.4, 0.5) is 0 Å². The normalized spacial score (nSPS) is 14.0. The molecule has 1 heterocycles. The molecule has 5 N–H and O–H groups in total. The number of fused-ring (bicyclic) bond motifs is 1. The van der Waals surface area contributed by atoms with Crippen molar-refractivity contribution in [2.75, 3.05) is 13.3 Å². The van der Waals surface area contributed by atoms with Crippen LogP contribution in [0.25, 0.3) is 0 Å². The fourth-order valence-corrected chi connectivity index (χ4v) is 3.74. The molecule has 1 aliphatic rings. The summed E-state index contributed by atoms with van der Waals surface area (Å²) in [5.41, 5.74) is 9.85. The molecule has 32 heavy (non-hydrogen) atoms. The third-order valence-corrected chi connectivity index (χ3v) is 5.57. The van der Waals surface area contributed by atoms with Crippen LogP contribution >= 0.6 is 0 Å². The Kier molecular flexibility index (Phi) is 7.58. The SMILES string of the molecule is Cc1cc(O)cc(C)c1CC(N)C(=O)N[C@H](C)C(=O)NCCCc1ccc2c(c1)OCO2. The lowest BCUT2D eigenvalue weighted by atomic mass is 9.96. The minimum Gasteiger partial charge on any atom is -0.508 e. The zero-order valence-electron chi connectivity index (χ0n) is 18.7. The molecule has 0 aromatic heterocycles. The number of phenols is 1. The van der Waals surface area contributed by atoms with Crippen LogP contribution in [0.3, 0.4) is 0 Å². The molecule has 0 radical (unpaired) electrons. The van der Waals surface area contributed by atoms with Crippen molar-refractivity contribution >= 4 is 11.8 Å². The number of aryl methyl sites for hydroxylation is 3. The van der Waals surface area contributed by atoms with Crippen LogP contribution in [-0.2, 0) is 22.4 Å². The van der Waals surface area contributed by atoms with E-state index in [2.05, 4.69) is 10.6 Å². The molecule has 2 aromatic rings. The summed E-state index contributed by atoms with van der Waals surface area (Å²) in [6, 6.07) is 7.62. The van der Waals surface area contributed by atoms with Gasteiger partial charge in [0.2, 0.25) is 18.6 Å². The number of ether oxygens (including phenoxy) is 2. The Labute approximate surface area is 188 Å². The molecule has 0 saturated carbocycles. The van der Waals surface area contributed by atoms with Gasteiger partial charge < -0.3 is 30.9 Å². The Bertz CT molecular complexity index is 969. The first-order valence-electron chi connectivity index (χ1n) is 10.8. The lowest BCUT2D eigenvalue weighted by Gasteiger charge is -2.19. The summed E-state index contributed by atoms with van der Waals surface area (Å²) in [5.74, 6) is 1.04. The number of carbonyl (C=O) groups excluding carboxylic acids is 2. The van der Waals surface area contributed by atoms with Crippen molar-refractivity contribution in [3.63, 3.8) is 0 Å². The third-order valence-electron chi connectivity index (χ3n) is 5.57. The highest BCUT2D eigenvalue weighted by atomic mass is 16.7. The number of carbonyl (C=O) groups is 2. The van der Waals surface area contributed by atoms with E-state index >= 15 is 0 Å². The number of nitrogens with one attached hydrogen (secondary N) is 2. The summed E-state index contributed by atoms with van der Waals surface area (Å²) in [4.78, 5) is 24.8. The summed E-state index contributed by atoms with van der Waals surface area (Å²) >= 11 is 0. The van der Waals surface area contributed by atoms with Gasteiger partial charge in [0.05, 0.1) is 6.04 Å². The van der Waals surface area contributed by atoms with Crippen molar-refractivity contribution in [2.45, 2.75) is 52.1 Å². The van der Waals surface area contributed by atoms with E-state index in [0.29, 0.717) is 13.0 Å². The lowest BCUT2D eigenvalue weighted by molar-refractivity contribution is -0.129. The second-order valence-corrected chi connectivity index (χ2v) is 8.18. The second kappa shape index (κ2) is 10.4. The van der Waals surface area contributed by atoms with Crippen LogP contribution in [0.2, 0.25) is 0 Å². The first-order chi connectivity index (χ1) is 15.2. The molecule has 0 fully saturated rings. The molecule has 2 atom stereocenters. The maximum Gasteiger partial charge on any atom is 0.242 e. The van der Waals surface area contributed by atoms with Gasteiger partial charge in [-0.15, -0.1) is 0 Å². The molecule has 8 heteroatoms. The third kappa shape index (κ3) is 5.91. The first kappa shape index (κ1) is 23.4. The van der Waals surface area contributed by atoms with Crippen LogP contribution < -0.4 is 25.8 Å². The summed E-state index contributed by atoms with van der Waals surface area (Å²) in [5, 5.41) is 15.2. The zero-order chi connectivity index (χ0) is 23.3. The van der Waals surface area contributed by atoms with Gasteiger partial charge in [0.1, 0.15) is 11.8 Å². The molecule has 1 unspecified atom stereocenters. The Morgan fingerprint density at radius 3 is 2.50 bits per heavy atom. The molecule has 3 rings (SSSR count). The number of benzene rings is 2.